The highest BCUT2D eigenvalue weighted by Crippen LogP contribution is 2.27. The molecule has 1 saturated heterocycles. The van der Waals surface area contributed by atoms with Gasteiger partial charge in [0.2, 0.25) is 5.91 Å². The Balaban J connectivity index is 2.71. The number of carbonyl (C=O) groups excluding carboxylic acids is 1. The molecule has 0 aromatic rings. The smallest absolute Gasteiger partial charge is 0.223 e. The molecule has 2 N–H and O–H groups in total. The zero-order chi connectivity index (χ0) is 10.8. The molecule has 1 rings (SSSR count). The Labute approximate surface area is 86.6 Å². The van der Waals surface area contributed by atoms with E-state index in [-0.39, 0.29) is 17.5 Å². The van der Waals surface area contributed by atoms with Crippen molar-refractivity contribution in [3.05, 3.63) is 0 Å². The third-order valence-electron chi connectivity index (χ3n) is 3.26. The highest BCUT2D eigenvalue weighted by atomic mass is 16.2. The van der Waals surface area contributed by atoms with Crippen molar-refractivity contribution in [2.24, 2.45) is 5.73 Å². The lowest BCUT2D eigenvalue weighted by atomic mass is 9.85. The summed E-state index contributed by atoms with van der Waals surface area (Å²) < 4.78 is 0. The Hall–Kier alpha value is -0.570. The van der Waals surface area contributed by atoms with Crippen LogP contribution in [0.1, 0.15) is 46.5 Å². The molecule has 0 aromatic carbocycles. The normalized spacial score (nSPS) is 26.3. The Kier molecular flexibility index (Phi) is 3.53. The number of likely N-dealkylation sites (tertiary alicyclic amines) is 1. The van der Waals surface area contributed by atoms with Crippen LogP contribution in [0.5, 0.6) is 0 Å². The van der Waals surface area contributed by atoms with Crippen molar-refractivity contribution < 1.29 is 4.79 Å². The van der Waals surface area contributed by atoms with Gasteiger partial charge in [-0.2, -0.15) is 0 Å². The minimum Gasteiger partial charge on any atom is -0.336 e. The molecule has 1 amide bonds. The predicted octanol–water partition coefficient (Wildman–Crippen LogP) is 1.51. The minimum atomic E-state index is -0.162. The first kappa shape index (κ1) is 11.5. The minimum absolute atomic E-state index is 0.122. The molecule has 0 spiro atoms. The van der Waals surface area contributed by atoms with E-state index < -0.39 is 0 Å². The van der Waals surface area contributed by atoms with Crippen molar-refractivity contribution in [2.45, 2.75) is 58.0 Å². The molecule has 3 heteroatoms. The van der Waals surface area contributed by atoms with Gasteiger partial charge >= 0.3 is 0 Å². The summed E-state index contributed by atoms with van der Waals surface area (Å²) in [7, 11) is 0. The van der Waals surface area contributed by atoms with Gasteiger partial charge in [-0.15, -0.1) is 0 Å². The summed E-state index contributed by atoms with van der Waals surface area (Å²) in [5.74, 6) is 0.257. The van der Waals surface area contributed by atoms with Crippen LogP contribution >= 0.6 is 0 Å². The van der Waals surface area contributed by atoms with Crippen molar-refractivity contribution >= 4 is 5.91 Å². The quantitative estimate of drug-likeness (QED) is 0.731. The zero-order valence-corrected chi connectivity index (χ0v) is 9.55. The third kappa shape index (κ3) is 2.08. The lowest BCUT2D eigenvalue weighted by Crippen LogP contribution is -2.61. The number of carbonyl (C=O) groups is 1. The van der Waals surface area contributed by atoms with Crippen LogP contribution in [0.4, 0.5) is 0 Å². The lowest BCUT2D eigenvalue weighted by molar-refractivity contribution is -0.139. The molecular weight excluding hydrogens is 176 g/mol. The van der Waals surface area contributed by atoms with E-state index in [0.29, 0.717) is 6.42 Å². The summed E-state index contributed by atoms with van der Waals surface area (Å²) in [6.07, 6.45) is 3.64. The second-order valence-electron chi connectivity index (χ2n) is 4.70. The fraction of sp³-hybridized carbons (Fsp3) is 0.909. The van der Waals surface area contributed by atoms with Crippen LogP contribution in [0.2, 0.25) is 0 Å². The van der Waals surface area contributed by atoms with Gasteiger partial charge in [-0.25, -0.2) is 0 Å². The van der Waals surface area contributed by atoms with Gasteiger partial charge in [0.05, 0.1) is 5.54 Å². The van der Waals surface area contributed by atoms with E-state index in [0.717, 1.165) is 25.8 Å². The third-order valence-corrected chi connectivity index (χ3v) is 3.26. The molecule has 14 heavy (non-hydrogen) atoms. The second-order valence-corrected chi connectivity index (χ2v) is 4.70. The molecule has 0 saturated carbocycles. The molecule has 3 nitrogen and oxygen atoms in total. The van der Waals surface area contributed by atoms with Gasteiger partial charge < -0.3 is 10.6 Å². The van der Waals surface area contributed by atoms with E-state index >= 15 is 0 Å². The first-order valence-corrected chi connectivity index (χ1v) is 5.56. The van der Waals surface area contributed by atoms with Gasteiger partial charge in [0.1, 0.15) is 0 Å². The number of hydrogen-bond acceptors (Lipinski definition) is 2. The molecule has 1 atom stereocenters. The largest absolute Gasteiger partial charge is 0.336 e. The summed E-state index contributed by atoms with van der Waals surface area (Å²) in [5, 5.41) is 0. The van der Waals surface area contributed by atoms with Gasteiger partial charge in [-0.1, -0.05) is 6.92 Å². The van der Waals surface area contributed by atoms with E-state index in [1.807, 2.05) is 11.8 Å². The maximum Gasteiger partial charge on any atom is 0.223 e. The van der Waals surface area contributed by atoms with Crippen molar-refractivity contribution in [3.63, 3.8) is 0 Å². The lowest BCUT2D eigenvalue weighted by Gasteiger charge is -2.46. The van der Waals surface area contributed by atoms with Crippen LogP contribution in [-0.4, -0.2) is 28.9 Å². The van der Waals surface area contributed by atoms with Crippen molar-refractivity contribution in [3.8, 4) is 0 Å². The van der Waals surface area contributed by atoms with E-state index in [9.17, 15) is 4.79 Å². The predicted molar refractivity (Wildman–Crippen MR) is 57.9 cm³/mol. The van der Waals surface area contributed by atoms with Gasteiger partial charge in [0.25, 0.3) is 0 Å². The second kappa shape index (κ2) is 4.30. The molecule has 0 bridgehead atoms. The summed E-state index contributed by atoms with van der Waals surface area (Å²) in [6, 6.07) is 0.122. The van der Waals surface area contributed by atoms with Crippen molar-refractivity contribution in [2.75, 3.05) is 6.54 Å². The first-order chi connectivity index (χ1) is 6.50. The standard InChI is InChI=1S/C11H22N2O/c1-4-6-10(14)13-8-5-7-9(12)11(13,2)3/h9H,4-8,12H2,1-3H3. The van der Waals surface area contributed by atoms with Crippen molar-refractivity contribution in [1.29, 1.82) is 0 Å². The van der Waals surface area contributed by atoms with Crippen molar-refractivity contribution in [1.82, 2.24) is 4.90 Å². The maximum atomic E-state index is 11.8. The van der Waals surface area contributed by atoms with E-state index in [1.165, 1.54) is 0 Å². The van der Waals surface area contributed by atoms with E-state index in [2.05, 4.69) is 13.8 Å². The fourth-order valence-corrected chi connectivity index (χ4v) is 2.11. The number of nitrogens with two attached hydrogens (primary N) is 1. The highest BCUT2D eigenvalue weighted by Gasteiger charge is 2.38. The Morgan fingerprint density at radius 2 is 2.21 bits per heavy atom. The molecule has 1 aliphatic heterocycles. The molecule has 1 heterocycles. The zero-order valence-electron chi connectivity index (χ0n) is 9.55. The SMILES string of the molecule is CCCC(=O)N1CCCC(N)C1(C)C. The van der Waals surface area contributed by atoms with Gasteiger partial charge in [-0.05, 0) is 33.1 Å². The summed E-state index contributed by atoms with van der Waals surface area (Å²) in [4.78, 5) is 13.8. The van der Waals surface area contributed by atoms with Gasteiger partial charge in [-0.3, -0.25) is 4.79 Å². The topological polar surface area (TPSA) is 46.3 Å². The number of amides is 1. The maximum absolute atomic E-state index is 11.8. The molecule has 0 aromatic heterocycles. The first-order valence-electron chi connectivity index (χ1n) is 5.56. The van der Waals surface area contributed by atoms with E-state index in [4.69, 9.17) is 5.73 Å². The molecule has 82 valence electrons. The van der Waals surface area contributed by atoms with Crippen LogP contribution in [0.3, 0.4) is 0 Å². The van der Waals surface area contributed by atoms with Crippen LogP contribution in [0.15, 0.2) is 0 Å². The van der Waals surface area contributed by atoms with Crippen LogP contribution in [0, 0.1) is 0 Å². The Morgan fingerprint density at radius 3 is 2.79 bits per heavy atom. The summed E-state index contributed by atoms with van der Waals surface area (Å²) >= 11 is 0. The number of rotatable bonds is 2. The van der Waals surface area contributed by atoms with Crippen LogP contribution in [0.25, 0.3) is 0 Å². The molecular formula is C11H22N2O. The average molecular weight is 198 g/mol. The molecule has 0 radical (unpaired) electrons. The van der Waals surface area contributed by atoms with Crippen LogP contribution in [-0.2, 0) is 4.79 Å². The highest BCUT2D eigenvalue weighted by molar-refractivity contribution is 5.77. The van der Waals surface area contributed by atoms with E-state index in [1.54, 1.807) is 0 Å². The van der Waals surface area contributed by atoms with Gasteiger partial charge in [0.15, 0.2) is 0 Å². The fourth-order valence-electron chi connectivity index (χ4n) is 2.11. The Morgan fingerprint density at radius 1 is 1.57 bits per heavy atom. The number of piperidine rings is 1. The molecule has 1 fully saturated rings. The van der Waals surface area contributed by atoms with Crippen LogP contribution < -0.4 is 5.73 Å². The molecule has 1 aliphatic rings. The van der Waals surface area contributed by atoms with Gasteiger partial charge in [0, 0.05) is 19.0 Å². The average Bonchev–Trinajstić information content (AvgIpc) is 2.10. The summed E-state index contributed by atoms with van der Waals surface area (Å²) in [6.45, 7) is 7.06. The number of nitrogens with zero attached hydrogens (tertiary/aromatic N) is 1. The monoisotopic (exact) mass is 198 g/mol. The molecule has 0 aliphatic carbocycles. The Bertz CT molecular complexity index is 213. The summed E-state index contributed by atoms with van der Waals surface area (Å²) in [5.41, 5.74) is 5.88. The molecule has 1 unspecified atom stereocenters. The number of hydrogen-bond donors (Lipinski definition) is 1.